The Morgan fingerprint density at radius 2 is 2.14 bits per heavy atom. The van der Waals surface area contributed by atoms with E-state index in [1.54, 1.807) is 11.4 Å². The maximum atomic E-state index is 12.3. The van der Waals surface area contributed by atoms with Gasteiger partial charge in [0.15, 0.2) is 6.10 Å². The Morgan fingerprint density at radius 3 is 2.89 bits per heavy atom. The smallest absolute Gasteiger partial charge is 0.311 e. The van der Waals surface area contributed by atoms with Crippen molar-refractivity contribution in [3.8, 4) is 0 Å². The number of allylic oxidation sites excluding steroid dienone is 1. The summed E-state index contributed by atoms with van der Waals surface area (Å²) in [4.78, 5) is 33.0. The van der Waals surface area contributed by atoms with Crippen LogP contribution in [0.3, 0.4) is 0 Å². The Balaban J connectivity index is 1.51. The molecular formula is C20H27N5O3. The summed E-state index contributed by atoms with van der Waals surface area (Å²) in [5.74, 6) is -0.249. The lowest BCUT2D eigenvalue weighted by Crippen LogP contribution is -2.36. The van der Waals surface area contributed by atoms with Crippen LogP contribution in [0.1, 0.15) is 56.0 Å². The average Bonchev–Trinajstić information content (AvgIpc) is 3.14. The van der Waals surface area contributed by atoms with Crippen LogP contribution in [-0.2, 0) is 20.7 Å². The van der Waals surface area contributed by atoms with Gasteiger partial charge in [-0.05, 0) is 52.9 Å². The van der Waals surface area contributed by atoms with Crippen molar-refractivity contribution in [3.63, 3.8) is 0 Å². The summed E-state index contributed by atoms with van der Waals surface area (Å²) in [6.45, 7) is 5.83. The Kier molecular flexibility index (Phi) is 6.38. The molecule has 0 saturated carbocycles. The predicted octanol–water partition coefficient (Wildman–Crippen LogP) is 2.22. The first kappa shape index (κ1) is 20.0. The van der Waals surface area contributed by atoms with Gasteiger partial charge in [-0.25, -0.2) is 9.50 Å². The SMILES string of the molecule is Cc1nc2ncnn2c(C)c1CC(=O)O[C@H](C)C(=O)NCCC1=CCCCC1. The zero-order chi connectivity index (χ0) is 20.1. The van der Waals surface area contributed by atoms with Crippen LogP contribution in [0.25, 0.3) is 5.78 Å². The lowest BCUT2D eigenvalue weighted by Gasteiger charge is -2.16. The third-order valence-electron chi connectivity index (χ3n) is 5.12. The molecule has 0 fully saturated rings. The van der Waals surface area contributed by atoms with Crippen LogP contribution in [0.5, 0.6) is 0 Å². The molecule has 0 bridgehead atoms. The highest BCUT2D eigenvalue weighted by Gasteiger charge is 2.20. The fourth-order valence-electron chi connectivity index (χ4n) is 3.47. The van der Waals surface area contributed by atoms with Crippen LogP contribution in [0.4, 0.5) is 0 Å². The van der Waals surface area contributed by atoms with Gasteiger partial charge in [-0.3, -0.25) is 9.59 Å². The van der Waals surface area contributed by atoms with Gasteiger partial charge in [0.1, 0.15) is 6.33 Å². The van der Waals surface area contributed by atoms with E-state index in [9.17, 15) is 9.59 Å². The summed E-state index contributed by atoms with van der Waals surface area (Å²) in [5, 5.41) is 6.96. The molecule has 150 valence electrons. The van der Waals surface area contributed by atoms with E-state index in [1.165, 1.54) is 24.7 Å². The number of hydrogen-bond donors (Lipinski definition) is 1. The highest BCUT2D eigenvalue weighted by Crippen LogP contribution is 2.19. The van der Waals surface area contributed by atoms with Crippen molar-refractivity contribution >= 4 is 17.7 Å². The summed E-state index contributed by atoms with van der Waals surface area (Å²) < 4.78 is 6.91. The second-order valence-electron chi connectivity index (χ2n) is 7.19. The maximum absolute atomic E-state index is 12.3. The Hall–Kier alpha value is -2.77. The highest BCUT2D eigenvalue weighted by atomic mass is 16.5. The van der Waals surface area contributed by atoms with Gasteiger partial charge in [0, 0.05) is 23.5 Å². The van der Waals surface area contributed by atoms with Crippen molar-refractivity contribution in [3.05, 3.63) is 34.9 Å². The molecule has 0 spiro atoms. The predicted molar refractivity (Wildman–Crippen MR) is 104 cm³/mol. The minimum atomic E-state index is -0.837. The van der Waals surface area contributed by atoms with Crippen molar-refractivity contribution in [1.29, 1.82) is 0 Å². The highest BCUT2D eigenvalue weighted by molar-refractivity contribution is 5.84. The molecule has 3 rings (SSSR count). The van der Waals surface area contributed by atoms with Gasteiger partial charge in [-0.2, -0.15) is 10.1 Å². The van der Waals surface area contributed by atoms with Crippen LogP contribution in [-0.4, -0.2) is 44.1 Å². The Labute approximate surface area is 164 Å². The number of nitrogens with one attached hydrogen (secondary N) is 1. The third-order valence-corrected chi connectivity index (χ3v) is 5.12. The number of aryl methyl sites for hydroxylation is 2. The second-order valence-corrected chi connectivity index (χ2v) is 7.19. The molecule has 1 atom stereocenters. The fraction of sp³-hybridized carbons (Fsp3) is 0.550. The van der Waals surface area contributed by atoms with Gasteiger partial charge in [0.05, 0.1) is 6.42 Å². The van der Waals surface area contributed by atoms with Crippen LogP contribution in [0.2, 0.25) is 0 Å². The zero-order valence-corrected chi connectivity index (χ0v) is 16.7. The molecule has 2 aromatic heterocycles. The second kappa shape index (κ2) is 8.95. The topological polar surface area (TPSA) is 98.5 Å². The average molecular weight is 385 g/mol. The van der Waals surface area contributed by atoms with Crippen LogP contribution >= 0.6 is 0 Å². The molecule has 0 radical (unpaired) electrons. The number of nitrogens with zero attached hydrogens (tertiary/aromatic N) is 4. The number of carbonyl (C=O) groups is 2. The van der Waals surface area contributed by atoms with Crippen molar-refractivity contribution < 1.29 is 14.3 Å². The lowest BCUT2D eigenvalue weighted by molar-refractivity contribution is -0.154. The van der Waals surface area contributed by atoms with Crippen LogP contribution < -0.4 is 5.32 Å². The molecule has 28 heavy (non-hydrogen) atoms. The number of carbonyl (C=O) groups excluding carboxylic acids is 2. The molecule has 1 N–H and O–H groups in total. The van der Waals surface area contributed by atoms with Gasteiger partial charge in [-0.1, -0.05) is 11.6 Å². The standard InChI is InChI=1S/C20H27N5O3/c1-13-17(14(2)25-20(24-13)22-12-23-25)11-18(26)28-15(3)19(27)21-10-9-16-7-5-4-6-8-16/h7,12,15H,4-6,8-11H2,1-3H3,(H,21,27)/t15-/m1/s1. The fourth-order valence-corrected chi connectivity index (χ4v) is 3.47. The minimum Gasteiger partial charge on any atom is -0.452 e. The van der Waals surface area contributed by atoms with Gasteiger partial charge < -0.3 is 10.1 Å². The van der Waals surface area contributed by atoms with Crippen molar-refractivity contribution in [1.82, 2.24) is 24.9 Å². The first-order valence-corrected chi connectivity index (χ1v) is 9.76. The molecule has 2 aromatic rings. The lowest BCUT2D eigenvalue weighted by atomic mass is 9.97. The summed E-state index contributed by atoms with van der Waals surface area (Å²) in [6, 6.07) is 0. The van der Waals surface area contributed by atoms with E-state index in [4.69, 9.17) is 4.74 Å². The van der Waals surface area contributed by atoms with Gasteiger partial charge in [-0.15, -0.1) is 0 Å². The zero-order valence-electron chi connectivity index (χ0n) is 16.7. The van der Waals surface area contributed by atoms with E-state index in [-0.39, 0.29) is 12.3 Å². The van der Waals surface area contributed by atoms with E-state index >= 15 is 0 Å². The molecule has 8 heteroatoms. The number of hydrogen-bond acceptors (Lipinski definition) is 6. The molecule has 1 aliphatic rings. The van der Waals surface area contributed by atoms with E-state index in [2.05, 4.69) is 26.5 Å². The van der Waals surface area contributed by atoms with Crippen molar-refractivity contribution in [2.24, 2.45) is 0 Å². The van der Waals surface area contributed by atoms with Gasteiger partial charge in [0.2, 0.25) is 0 Å². The van der Waals surface area contributed by atoms with Crippen molar-refractivity contribution in [2.45, 2.75) is 65.4 Å². The van der Waals surface area contributed by atoms with Crippen LogP contribution in [0, 0.1) is 13.8 Å². The van der Waals surface area contributed by atoms with E-state index < -0.39 is 12.1 Å². The number of amides is 1. The Morgan fingerprint density at radius 1 is 1.32 bits per heavy atom. The third kappa shape index (κ3) is 4.74. The number of ether oxygens (including phenoxy) is 1. The van der Waals surface area contributed by atoms with Crippen LogP contribution in [0.15, 0.2) is 18.0 Å². The molecule has 1 aliphatic carbocycles. The first-order chi connectivity index (χ1) is 13.5. The monoisotopic (exact) mass is 385 g/mol. The Bertz CT molecular complexity index is 903. The molecule has 2 heterocycles. The van der Waals surface area contributed by atoms with Gasteiger partial charge >= 0.3 is 5.97 Å². The molecule has 0 unspecified atom stereocenters. The molecule has 0 saturated heterocycles. The maximum Gasteiger partial charge on any atom is 0.311 e. The number of fused-ring (bicyclic) bond motifs is 1. The number of rotatable bonds is 7. The minimum absolute atomic E-state index is 0.0327. The van der Waals surface area contributed by atoms with E-state index in [1.807, 2.05) is 13.8 Å². The first-order valence-electron chi connectivity index (χ1n) is 9.76. The van der Waals surface area contributed by atoms with Gasteiger partial charge in [0.25, 0.3) is 11.7 Å². The molecule has 8 nitrogen and oxygen atoms in total. The largest absolute Gasteiger partial charge is 0.452 e. The van der Waals surface area contributed by atoms with E-state index in [0.29, 0.717) is 18.0 Å². The number of esters is 1. The summed E-state index contributed by atoms with van der Waals surface area (Å²) >= 11 is 0. The van der Waals surface area contributed by atoms with Crippen molar-refractivity contribution in [2.75, 3.05) is 6.54 Å². The molecule has 1 amide bonds. The number of aromatic nitrogens is 4. The summed E-state index contributed by atoms with van der Waals surface area (Å²) in [7, 11) is 0. The quantitative estimate of drug-likeness (QED) is 0.580. The summed E-state index contributed by atoms with van der Waals surface area (Å²) in [5.41, 5.74) is 3.63. The summed E-state index contributed by atoms with van der Waals surface area (Å²) in [6.07, 6.45) is 8.46. The van der Waals surface area contributed by atoms with E-state index in [0.717, 1.165) is 30.5 Å². The molecular weight excluding hydrogens is 358 g/mol. The molecule has 0 aromatic carbocycles. The molecule has 0 aliphatic heterocycles. The normalized spacial score (nSPS) is 15.2.